The summed E-state index contributed by atoms with van der Waals surface area (Å²) < 4.78 is 5.52. The van der Waals surface area contributed by atoms with Crippen LogP contribution in [0.2, 0.25) is 0 Å². The molecule has 2 aromatic carbocycles. The summed E-state index contributed by atoms with van der Waals surface area (Å²) in [7, 11) is 0. The van der Waals surface area contributed by atoms with Crippen LogP contribution in [0.5, 0.6) is 5.75 Å². The normalized spacial score (nSPS) is 20.2. The summed E-state index contributed by atoms with van der Waals surface area (Å²) in [4.78, 5) is 14.8. The summed E-state index contributed by atoms with van der Waals surface area (Å²) in [5.41, 5.74) is 1.20. The molecule has 0 fully saturated rings. The second-order valence-electron chi connectivity index (χ2n) is 5.11. The first-order chi connectivity index (χ1) is 10.1. The van der Waals surface area contributed by atoms with Crippen LogP contribution >= 0.6 is 23.5 Å². The summed E-state index contributed by atoms with van der Waals surface area (Å²) >= 11 is 3.33. The maximum atomic E-state index is 12.5. The number of esters is 1. The Labute approximate surface area is 133 Å². The lowest BCUT2D eigenvalue weighted by atomic mass is 9.77. The molecule has 0 unspecified atom stereocenters. The molecule has 2 nitrogen and oxygen atoms in total. The van der Waals surface area contributed by atoms with Gasteiger partial charge < -0.3 is 4.74 Å². The Balaban J connectivity index is 2.10. The SMILES string of the molecule is CSc1ccc([C@@]2(C)C(=O)Oc3cc(SC)ccc32)cc1. The van der Waals surface area contributed by atoms with Crippen LogP contribution in [-0.2, 0) is 10.2 Å². The van der Waals surface area contributed by atoms with E-state index in [0.717, 1.165) is 16.0 Å². The number of fused-ring (bicyclic) bond motifs is 1. The van der Waals surface area contributed by atoms with E-state index in [4.69, 9.17) is 4.74 Å². The predicted molar refractivity (Wildman–Crippen MR) is 88.5 cm³/mol. The van der Waals surface area contributed by atoms with Crippen LogP contribution in [0.15, 0.2) is 52.3 Å². The highest BCUT2D eigenvalue weighted by Gasteiger charge is 2.46. The fourth-order valence-corrected chi connectivity index (χ4v) is 3.47. The topological polar surface area (TPSA) is 26.3 Å². The summed E-state index contributed by atoms with van der Waals surface area (Å²) in [5.74, 6) is 0.482. The average Bonchev–Trinajstić information content (AvgIpc) is 2.79. The summed E-state index contributed by atoms with van der Waals surface area (Å²) in [5, 5.41) is 0. The lowest BCUT2D eigenvalue weighted by Gasteiger charge is -2.21. The first-order valence-electron chi connectivity index (χ1n) is 6.65. The molecule has 0 bridgehead atoms. The number of ether oxygens (including phenoxy) is 1. The van der Waals surface area contributed by atoms with Crippen LogP contribution in [0.25, 0.3) is 0 Å². The average molecular weight is 316 g/mol. The molecule has 0 amide bonds. The fraction of sp³-hybridized carbons (Fsp3) is 0.235. The van der Waals surface area contributed by atoms with Crippen molar-refractivity contribution in [2.24, 2.45) is 0 Å². The van der Waals surface area contributed by atoms with Crippen LogP contribution in [0.1, 0.15) is 18.1 Å². The van der Waals surface area contributed by atoms with Gasteiger partial charge in [-0.3, -0.25) is 4.79 Å². The van der Waals surface area contributed by atoms with Crippen LogP contribution in [0, 0.1) is 0 Å². The van der Waals surface area contributed by atoms with Crippen molar-refractivity contribution < 1.29 is 9.53 Å². The van der Waals surface area contributed by atoms with Crippen molar-refractivity contribution in [3.8, 4) is 5.75 Å². The molecule has 0 saturated carbocycles. The molecule has 0 aromatic heterocycles. The molecule has 21 heavy (non-hydrogen) atoms. The quantitative estimate of drug-likeness (QED) is 0.477. The molecule has 0 spiro atoms. The Morgan fingerprint density at radius 1 is 0.952 bits per heavy atom. The first kappa shape index (κ1) is 14.5. The largest absolute Gasteiger partial charge is 0.425 e. The zero-order valence-electron chi connectivity index (χ0n) is 12.2. The van der Waals surface area contributed by atoms with Gasteiger partial charge in [0.15, 0.2) is 0 Å². The molecule has 1 heterocycles. The zero-order valence-corrected chi connectivity index (χ0v) is 13.8. The fourth-order valence-electron chi connectivity index (χ4n) is 2.64. The maximum Gasteiger partial charge on any atom is 0.326 e. The van der Waals surface area contributed by atoms with E-state index in [0.29, 0.717) is 5.75 Å². The Hall–Kier alpha value is -1.39. The van der Waals surface area contributed by atoms with Crippen LogP contribution in [0.3, 0.4) is 0 Å². The monoisotopic (exact) mass is 316 g/mol. The third-order valence-corrected chi connectivity index (χ3v) is 5.47. The Morgan fingerprint density at radius 2 is 1.57 bits per heavy atom. The van der Waals surface area contributed by atoms with E-state index in [-0.39, 0.29) is 5.97 Å². The van der Waals surface area contributed by atoms with Crippen molar-refractivity contribution in [3.63, 3.8) is 0 Å². The van der Waals surface area contributed by atoms with Gasteiger partial charge in [0.2, 0.25) is 0 Å². The number of benzene rings is 2. The van der Waals surface area contributed by atoms with Crippen LogP contribution in [-0.4, -0.2) is 18.5 Å². The third-order valence-electron chi connectivity index (χ3n) is 4.01. The molecule has 4 heteroatoms. The molecule has 3 rings (SSSR count). The van der Waals surface area contributed by atoms with Crippen molar-refractivity contribution in [2.45, 2.75) is 22.1 Å². The van der Waals surface area contributed by atoms with Gasteiger partial charge in [-0.25, -0.2) is 0 Å². The summed E-state index contributed by atoms with van der Waals surface area (Å²) in [6.45, 7) is 1.94. The minimum absolute atomic E-state index is 0.201. The second-order valence-corrected chi connectivity index (χ2v) is 6.86. The number of hydrogen-bond donors (Lipinski definition) is 0. The minimum atomic E-state index is -0.719. The van der Waals surface area contributed by atoms with Gasteiger partial charge >= 0.3 is 5.97 Å². The molecule has 1 aliphatic rings. The highest BCUT2D eigenvalue weighted by Crippen LogP contribution is 2.45. The van der Waals surface area contributed by atoms with Crippen molar-refractivity contribution in [1.29, 1.82) is 0 Å². The molecule has 0 radical (unpaired) electrons. The van der Waals surface area contributed by atoms with Crippen molar-refractivity contribution in [2.75, 3.05) is 12.5 Å². The predicted octanol–water partition coefficient (Wildman–Crippen LogP) is 4.36. The molecular formula is C17H16O2S2. The standard InChI is InChI=1S/C17H16O2S2/c1-17(11-4-6-12(20-2)7-5-11)14-9-8-13(21-3)10-15(14)19-16(17)18/h4-10H,1-3H3/t17-/m1/s1. The second kappa shape index (κ2) is 5.43. The smallest absolute Gasteiger partial charge is 0.326 e. The summed E-state index contributed by atoms with van der Waals surface area (Å²) in [6, 6.07) is 14.1. The Morgan fingerprint density at radius 3 is 2.19 bits per heavy atom. The van der Waals surface area contributed by atoms with Crippen LogP contribution < -0.4 is 4.74 Å². The summed E-state index contributed by atoms with van der Waals surface area (Å²) in [6.07, 6.45) is 4.05. The molecule has 0 saturated heterocycles. The van der Waals surface area contributed by atoms with Gasteiger partial charge in [-0.1, -0.05) is 18.2 Å². The molecule has 108 valence electrons. The van der Waals surface area contributed by atoms with E-state index >= 15 is 0 Å². The lowest BCUT2D eigenvalue weighted by molar-refractivity contribution is -0.136. The number of rotatable bonds is 3. The number of hydrogen-bond acceptors (Lipinski definition) is 4. The van der Waals surface area contributed by atoms with Gasteiger partial charge in [0.05, 0.1) is 0 Å². The van der Waals surface area contributed by atoms with E-state index < -0.39 is 5.41 Å². The Bertz CT molecular complexity index is 694. The van der Waals surface area contributed by atoms with Gasteiger partial charge in [-0.2, -0.15) is 0 Å². The van der Waals surface area contributed by atoms with Crippen molar-refractivity contribution in [1.82, 2.24) is 0 Å². The first-order valence-corrected chi connectivity index (χ1v) is 9.10. The van der Waals surface area contributed by atoms with Gasteiger partial charge in [0.1, 0.15) is 11.2 Å². The van der Waals surface area contributed by atoms with E-state index in [9.17, 15) is 4.79 Å². The minimum Gasteiger partial charge on any atom is -0.425 e. The molecule has 0 N–H and O–H groups in total. The highest BCUT2D eigenvalue weighted by molar-refractivity contribution is 7.98. The van der Waals surface area contributed by atoms with Crippen LogP contribution in [0.4, 0.5) is 0 Å². The maximum absolute atomic E-state index is 12.5. The number of carbonyl (C=O) groups excluding carboxylic acids is 1. The van der Waals surface area contributed by atoms with Gasteiger partial charge in [0.25, 0.3) is 0 Å². The molecule has 1 aliphatic heterocycles. The number of carbonyl (C=O) groups is 1. The van der Waals surface area contributed by atoms with E-state index in [1.165, 1.54) is 4.90 Å². The van der Waals surface area contributed by atoms with E-state index in [2.05, 4.69) is 0 Å². The highest BCUT2D eigenvalue weighted by atomic mass is 32.2. The van der Waals surface area contributed by atoms with Gasteiger partial charge in [-0.05, 0) is 49.3 Å². The molecular weight excluding hydrogens is 300 g/mol. The van der Waals surface area contributed by atoms with E-state index in [1.54, 1.807) is 23.5 Å². The molecule has 2 aromatic rings. The molecule has 1 atom stereocenters. The van der Waals surface area contributed by atoms with E-state index in [1.807, 2.05) is 61.9 Å². The van der Waals surface area contributed by atoms with Gasteiger partial charge in [0, 0.05) is 15.4 Å². The van der Waals surface area contributed by atoms with Crippen molar-refractivity contribution >= 4 is 29.5 Å². The van der Waals surface area contributed by atoms with Gasteiger partial charge in [-0.15, -0.1) is 23.5 Å². The molecule has 0 aliphatic carbocycles. The Kier molecular flexibility index (Phi) is 3.76. The van der Waals surface area contributed by atoms with Crippen molar-refractivity contribution in [3.05, 3.63) is 53.6 Å². The third kappa shape index (κ3) is 2.27. The zero-order chi connectivity index (χ0) is 15.0. The number of thioether (sulfide) groups is 2. The lowest BCUT2D eigenvalue weighted by Crippen LogP contribution is -2.31.